The van der Waals surface area contributed by atoms with Crippen LogP contribution in [0.2, 0.25) is 0 Å². The molecule has 1 atom stereocenters. The topological polar surface area (TPSA) is 205 Å². The summed E-state index contributed by atoms with van der Waals surface area (Å²) in [6.07, 6.45) is 2.20. The highest BCUT2D eigenvalue weighted by Crippen LogP contribution is 2.01. The zero-order valence-electron chi connectivity index (χ0n) is 17.1. The van der Waals surface area contributed by atoms with Crippen molar-refractivity contribution >= 4 is 41.8 Å². The van der Waals surface area contributed by atoms with Gasteiger partial charge in [0.15, 0.2) is 0 Å². The average molecular weight is 441 g/mol. The Balaban J connectivity index is 4.62. The first-order valence-electron chi connectivity index (χ1n) is 9.27. The second-order valence-corrected chi connectivity index (χ2v) is 6.37. The van der Waals surface area contributed by atoms with Gasteiger partial charge in [-0.1, -0.05) is 0 Å². The lowest BCUT2D eigenvalue weighted by molar-refractivity contribution is -0.138. The van der Waals surface area contributed by atoms with E-state index >= 15 is 0 Å². The van der Waals surface area contributed by atoms with Crippen molar-refractivity contribution in [3.8, 4) is 0 Å². The van der Waals surface area contributed by atoms with E-state index in [9.17, 15) is 33.6 Å². The molecule has 0 aromatic rings. The van der Waals surface area contributed by atoms with Crippen molar-refractivity contribution in [1.82, 2.24) is 20.9 Å². The van der Waals surface area contributed by atoms with E-state index in [-0.39, 0.29) is 25.8 Å². The first-order chi connectivity index (χ1) is 14.6. The highest BCUT2D eigenvalue weighted by molar-refractivity contribution is 5.92. The Bertz CT molecular complexity index is 722. The number of amides is 5. The lowest BCUT2D eigenvalue weighted by Crippen LogP contribution is -2.49. The maximum atomic E-state index is 12.2. The lowest BCUT2D eigenvalue weighted by Gasteiger charge is -2.18. The molecule has 0 saturated carbocycles. The molecule has 0 aliphatic heterocycles. The molecule has 6 N–H and O–H groups in total. The van der Waals surface area contributed by atoms with Gasteiger partial charge in [0.2, 0.25) is 29.5 Å². The van der Waals surface area contributed by atoms with Gasteiger partial charge in [0.05, 0.1) is 13.1 Å². The van der Waals surface area contributed by atoms with Crippen LogP contribution in [0.3, 0.4) is 0 Å². The van der Waals surface area contributed by atoms with Gasteiger partial charge < -0.3 is 31.7 Å². The summed E-state index contributed by atoms with van der Waals surface area (Å²) in [5, 5.41) is 15.6. The van der Waals surface area contributed by atoms with Crippen molar-refractivity contribution in [2.45, 2.75) is 31.7 Å². The van der Waals surface area contributed by atoms with E-state index in [4.69, 9.17) is 10.8 Å². The summed E-state index contributed by atoms with van der Waals surface area (Å²) in [6, 6.07) is -1.19. The third-order valence-corrected chi connectivity index (χ3v) is 3.77. The molecule has 31 heavy (non-hydrogen) atoms. The Hall–Kier alpha value is -3.77. The summed E-state index contributed by atoms with van der Waals surface area (Å²) in [5.74, 6) is -4.36. The summed E-state index contributed by atoms with van der Waals surface area (Å²) >= 11 is 0. The molecule has 13 heteroatoms. The van der Waals surface area contributed by atoms with Crippen LogP contribution < -0.4 is 21.7 Å². The number of carbonyl (C=O) groups excluding carboxylic acids is 6. The molecule has 5 amide bonds. The summed E-state index contributed by atoms with van der Waals surface area (Å²) < 4.78 is 0. The van der Waals surface area contributed by atoms with E-state index in [1.54, 1.807) is 0 Å². The highest BCUT2D eigenvalue weighted by atomic mass is 16.4. The molecular formula is C18H27N5O8. The number of rotatable bonds is 15. The number of nitrogens with zero attached hydrogens (tertiary/aromatic N) is 1. The summed E-state index contributed by atoms with van der Waals surface area (Å²) in [5.41, 5.74) is 4.88. The zero-order valence-corrected chi connectivity index (χ0v) is 17.1. The smallest absolute Gasteiger partial charge is 0.303 e. The van der Waals surface area contributed by atoms with Gasteiger partial charge in [0.25, 0.3) is 0 Å². The molecule has 0 fully saturated rings. The number of nitrogens with one attached hydrogen (secondary N) is 3. The molecule has 0 saturated heterocycles. The van der Waals surface area contributed by atoms with E-state index in [2.05, 4.69) is 16.0 Å². The van der Waals surface area contributed by atoms with Gasteiger partial charge in [-0.2, -0.15) is 0 Å². The fourth-order valence-electron chi connectivity index (χ4n) is 2.18. The van der Waals surface area contributed by atoms with Crippen molar-refractivity contribution in [2.75, 3.05) is 26.7 Å². The van der Waals surface area contributed by atoms with Gasteiger partial charge in [-0.25, -0.2) is 0 Å². The first kappa shape index (κ1) is 27.2. The molecule has 0 aliphatic rings. The summed E-state index contributed by atoms with van der Waals surface area (Å²) in [6.45, 7) is -0.690. The molecule has 0 aromatic heterocycles. The Morgan fingerprint density at radius 2 is 1.71 bits per heavy atom. The number of allylic oxidation sites excluding steroid dienone is 1. The Morgan fingerprint density at radius 3 is 2.29 bits per heavy atom. The second kappa shape index (κ2) is 15.1. The standard InChI is InChI=1S/C18H27N5O8/c1-23(16(28)5-3-9-24)8-2-4-14(26)22-12(6-7-17(29)30)18(31)21-11-15(27)20-10-13(19)25/h3,5,9,12H,2,4,6-8,10-11H2,1H3,(H2,19,25)(H,20,27)(H,21,31)(H,22,26)(H,29,30)/b5-3-. The van der Waals surface area contributed by atoms with Crippen molar-refractivity contribution in [3.05, 3.63) is 12.2 Å². The number of hydrogen-bond acceptors (Lipinski definition) is 7. The molecule has 0 heterocycles. The van der Waals surface area contributed by atoms with Crippen LogP contribution in [0.25, 0.3) is 0 Å². The molecule has 0 aromatic carbocycles. The van der Waals surface area contributed by atoms with Crippen LogP contribution in [0.4, 0.5) is 0 Å². The number of aliphatic carboxylic acids is 1. The number of aldehydes is 1. The minimum atomic E-state index is -1.19. The van der Waals surface area contributed by atoms with Crippen LogP contribution >= 0.6 is 0 Å². The van der Waals surface area contributed by atoms with Gasteiger partial charge in [0.1, 0.15) is 12.3 Å². The first-order valence-corrected chi connectivity index (χ1v) is 9.27. The van der Waals surface area contributed by atoms with E-state index in [0.717, 1.165) is 12.2 Å². The predicted octanol–water partition coefficient (Wildman–Crippen LogP) is -2.95. The third kappa shape index (κ3) is 13.9. The Labute approximate surface area is 178 Å². The van der Waals surface area contributed by atoms with E-state index in [1.807, 2.05) is 0 Å². The second-order valence-electron chi connectivity index (χ2n) is 6.37. The molecule has 0 rings (SSSR count). The third-order valence-electron chi connectivity index (χ3n) is 3.77. The Kier molecular flexibility index (Phi) is 13.3. The molecular weight excluding hydrogens is 414 g/mol. The van der Waals surface area contributed by atoms with Crippen LogP contribution in [-0.2, 0) is 33.6 Å². The quantitative estimate of drug-likeness (QED) is 0.131. The van der Waals surface area contributed by atoms with Gasteiger partial charge in [0, 0.05) is 32.5 Å². The maximum absolute atomic E-state index is 12.2. The van der Waals surface area contributed by atoms with Crippen LogP contribution in [-0.4, -0.2) is 84.5 Å². The number of nitrogens with two attached hydrogens (primary N) is 1. The van der Waals surface area contributed by atoms with Crippen LogP contribution in [0.1, 0.15) is 25.7 Å². The number of carboxylic acids is 1. The number of carboxylic acid groups (broad SMARTS) is 1. The van der Waals surface area contributed by atoms with Crippen molar-refractivity contribution in [3.63, 3.8) is 0 Å². The number of likely N-dealkylation sites (N-methyl/N-ethyl adjacent to an activating group) is 1. The number of primary amides is 1. The van der Waals surface area contributed by atoms with Crippen molar-refractivity contribution in [1.29, 1.82) is 0 Å². The number of carbonyl (C=O) groups is 7. The predicted molar refractivity (Wildman–Crippen MR) is 106 cm³/mol. The van der Waals surface area contributed by atoms with Crippen LogP contribution in [0, 0.1) is 0 Å². The Morgan fingerprint density at radius 1 is 1.03 bits per heavy atom. The van der Waals surface area contributed by atoms with Gasteiger partial charge in [-0.05, 0) is 18.9 Å². The molecule has 1 unspecified atom stereocenters. The molecule has 0 radical (unpaired) electrons. The largest absolute Gasteiger partial charge is 0.481 e. The normalized spacial score (nSPS) is 11.3. The molecule has 0 bridgehead atoms. The average Bonchev–Trinajstić information content (AvgIpc) is 2.71. The van der Waals surface area contributed by atoms with E-state index in [1.165, 1.54) is 11.9 Å². The number of hydrogen-bond donors (Lipinski definition) is 5. The fourth-order valence-corrected chi connectivity index (χ4v) is 2.18. The van der Waals surface area contributed by atoms with Crippen molar-refractivity contribution < 1.29 is 38.7 Å². The van der Waals surface area contributed by atoms with Gasteiger partial charge in [-0.15, -0.1) is 0 Å². The van der Waals surface area contributed by atoms with Gasteiger partial charge >= 0.3 is 5.97 Å². The zero-order chi connectivity index (χ0) is 23.8. The minimum Gasteiger partial charge on any atom is -0.481 e. The van der Waals surface area contributed by atoms with Crippen molar-refractivity contribution in [2.24, 2.45) is 5.73 Å². The molecule has 0 spiro atoms. The molecule has 13 nitrogen and oxygen atoms in total. The fraction of sp³-hybridized carbons (Fsp3) is 0.500. The van der Waals surface area contributed by atoms with Gasteiger partial charge in [-0.3, -0.25) is 33.6 Å². The highest BCUT2D eigenvalue weighted by Gasteiger charge is 2.22. The SMILES string of the molecule is CN(CCCC(=O)NC(CCC(=O)O)C(=O)NCC(=O)NCC(N)=O)C(=O)/C=C\C=O. The lowest BCUT2D eigenvalue weighted by atomic mass is 10.1. The van der Waals surface area contributed by atoms with Crippen LogP contribution in [0.5, 0.6) is 0 Å². The summed E-state index contributed by atoms with van der Waals surface area (Å²) in [7, 11) is 1.49. The maximum Gasteiger partial charge on any atom is 0.303 e. The minimum absolute atomic E-state index is 0.0506. The molecule has 0 aliphatic carbocycles. The monoisotopic (exact) mass is 441 g/mol. The van der Waals surface area contributed by atoms with E-state index < -0.39 is 61.1 Å². The summed E-state index contributed by atoms with van der Waals surface area (Å²) in [4.78, 5) is 80.4. The molecule has 172 valence electrons. The van der Waals surface area contributed by atoms with E-state index in [0.29, 0.717) is 6.29 Å². The van der Waals surface area contributed by atoms with Crippen LogP contribution in [0.15, 0.2) is 12.2 Å².